The number of carbonyl (C=O) groups excluding carboxylic acids is 2. The van der Waals surface area contributed by atoms with Crippen molar-refractivity contribution in [1.29, 1.82) is 0 Å². The van der Waals surface area contributed by atoms with E-state index in [1.807, 2.05) is 25.1 Å². The molecule has 0 aliphatic rings. The molecular formula is C23H26N6O4. The monoisotopic (exact) mass is 450 g/mol. The van der Waals surface area contributed by atoms with Crippen LogP contribution >= 0.6 is 0 Å². The normalized spacial score (nSPS) is 11.8. The van der Waals surface area contributed by atoms with E-state index >= 15 is 0 Å². The lowest BCUT2D eigenvalue weighted by molar-refractivity contribution is -0.129. The molecule has 3 N–H and O–H groups in total. The highest BCUT2D eigenvalue weighted by Crippen LogP contribution is 2.19. The minimum atomic E-state index is -0.326. The van der Waals surface area contributed by atoms with Crippen LogP contribution in [0.4, 0.5) is 5.69 Å². The Labute approximate surface area is 190 Å². The van der Waals surface area contributed by atoms with Crippen LogP contribution in [0.15, 0.2) is 58.9 Å². The maximum absolute atomic E-state index is 12.8. The Balaban J connectivity index is 1.72. The zero-order valence-electron chi connectivity index (χ0n) is 18.5. The van der Waals surface area contributed by atoms with Gasteiger partial charge in [0.05, 0.1) is 12.8 Å². The van der Waals surface area contributed by atoms with Crippen molar-refractivity contribution < 1.29 is 19.9 Å². The molecule has 0 unspecified atom stereocenters. The molecule has 3 rings (SSSR count). The Morgan fingerprint density at radius 2 is 2.06 bits per heavy atom. The summed E-state index contributed by atoms with van der Waals surface area (Å²) in [4.78, 5) is 34.3. The third-order valence-corrected chi connectivity index (χ3v) is 5.05. The SMILES string of the molecule is CC(=O)N(CCO)CCC=N/C(=N\O)c1ccc(C)c(NC(=O)c2cnc3ccccn23)c1. The molecule has 3 aromatic rings. The second kappa shape index (κ2) is 11.0. The number of imidazole rings is 1. The first kappa shape index (κ1) is 23.6. The molecule has 10 nitrogen and oxygen atoms in total. The fraction of sp³-hybridized carbons (Fsp3) is 0.261. The summed E-state index contributed by atoms with van der Waals surface area (Å²) in [5, 5.41) is 24.6. The van der Waals surface area contributed by atoms with Gasteiger partial charge in [0.15, 0.2) is 5.84 Å². The molecule has 0 spiro atoms. The number of rotatable bonds is 8. The molecule has 10 heteroatoms. The maximum atomic E-state index is 12.8. The number of nitrogens with one attached hydrogen (secondary N) is 1. The Hall–Kier alpha value is -4.05. The van der Waals surface area contributed by atoms with Crippen molar-refractivity contribution in [2.24, 2.45) is 10.1 Å². The zero-order valence-corrected chi connectivity index (χ0v) is 18.5. The van der Waals surface area contributed by atoms with Crippen LogP contribution in [0.3, 0.4) is 0 Å². The van der Waals surface area contributed by atoms with E-state index < -0.39 is 0 Å². The van der Waals surface area contributed by atoms with Gasteiger partial charge in [-0.2, -0.15) is 0 Å². The van der Waals surface area contributed by atoms with Crippen molar-refractivity contribution in [2.45, 2.75) is 20.3 Å². The molecule has 172 valence electrons. The van der Waals surface area contributed by atoms with Crippen LogP contribution < -0.4 is 5.32 Å². The van der Waals surface area contributed by atoms with Gasteiger partial charge >= 0.3 is 0 Å². The van der Waals surface area contributed by atoms with Gasteiger partial charge in [0.2, 0.25) is 5.91 Å². The smallest absolute Gasteiger partial charge is 0.274 e. The predicted octanol–water partition coefficient (Wildman–Crippen LogP) is 2.33. The van der Waals surface area contributed by atoms with E-state index in [-0.39, 0.29) is 30.8 Å². The van der Waals surface area contributed by atoms with E-state index in [9.17, 15) is 14.8 Å². The third kappa shape index (κ3) is 5.80. The Morgan fingerprint density at radius 1 is 1.24 bits per heavy atom. The highest BCUT2D eigenvalue weighted by molar-refractivity contribution is 6.06. The number of nitrogens with zero attached hydrogens (tertiary/aromatic N) is 5. The molecule has 1 aromatic carbocycles. The average molecular weight is 450 g/mol. The number of fused-ring (bicyclic) bond motifs is 1. The van der Waals surface area contributed by atoms with E-state index in [0.29, 0.717) is 35.6 Å². The number of amides is 2. The molecule has 2 heterocycles. The number of carbonyl (C=O) groups is 2. The topological polar surface area (TPSA) is 132 Å². The number of aryl methyl sites for hydroxylation is 1. The van der Waals surface area contributed by atoms with Crippen LogP contribution in [0.2, 0.25) is 0 Å². The van der Waals surface area contributed by atoms with E-state index in [1.54, 1.807) is 35.0 Å². The number of aromatic nitrogens is 2. The summed E-state index contributed by atoms with van der Waals surface area (Å²) in [5.74, 6) is -0.400. The van der Waals surface area contributed by atoms with Crippen molar-refractivity contribution in [3.05, 3.63) is 65.6 Å². The first-order chi connectivity index (χ1) is 15.9. The van der Waals surface area contributed by atoms with Crippen LogP contribution in [-0.4, -0.2) is 68.2 Å². The van der Waals surface area contributed by atoms with Gasteiger partial charge < -0.3 is 20.5 Å². The minimum Gasteiger partial charge on any atom is -0.409 e. The predicted molar refractivity (Wildman–Crippen MR) is 125 cm³/mol. The molecular weight excluding hydrogens is 424 g/mol. The number of anilines is 1. The van der Waals surface area contributed by atoms with Crippen molar-refractivity contribution in [3.63, 3.8) is 0 Å². The van der Waals surface area contributed by atoms with Crippen molar-refractivity contribution in [3.8, 4) is 0 Å². The molecule has 33 heavy (non-hydrogen) atoms. The summed E-state index contributed by atoms with van der Waals surface area (Å²) in [6, 6.07) is 10.7. The van der Waals surface area contributed by atoms with E-state index in [1.165, 1.54) is 18.0 Å². The lowest BCUT2D eigenvalue weighted by Gasteiger charge is -2.18. The van der Waals surface area contributed by atoms with Crippen LogP contribution in [0, 0.1) is 6.92 Å². The first-order valence-electron chi connectivity index (χ1n) is 10.4. The van der Waals surface area contributed by atoms with Gasteiger partial charge in [-0.1, -0.05) is 23.4 Å². The molecule has 0 saturated heterocycles. The van der Waals surface area contributed by atoms with Gasteiger partial charge in [-0.05, 0) is 30.7 Å². The molecule has 0 aliphatic carbocycles. The number of aliphatic hydroxyl groups excluding tert-OH is 1. The Kier molecular flexibility index (Phi) is 7.87. The van der Waals surface area contributed by atoms with Gasteiger partial charge in [-0.15, -0.1) is 0 Å². The highest BCUT2D eigenvalue weighted by atomic mass is 16.4. The number of hydrogen-bond acceptors (Lipinski definition) is 6. The number of aliphatic imine (C=N–C) groups is 1. The molecule has 0 atom stereocenters. The van der Waals surface area contributed by atoms with E-state index in [2.05, 4.69) is 20.4 Å². The summed E-state index contributed by atoms with van der Waals surface area (Å²) < 4.78 is 1.69. The molecule has 2 aromatic heterocycles. The summed E-state index contributed by atoms with van der Waals surface area (Å²) in [6.07, 6.45) is 5.23. The molecule has 0 bridgehead atoms. The summed E-state index contributed by atoms with van der Waals surface area (Å²) >= 11 is 0. The fourth-order valence-electron chi connectivity index (χ4n) is 3.25. The second-order valence-corrected chi connectivity index (χ2v) is 7.31. The number of pyridine rings is 1. The number of oxime groups is 1. The van der Waals surface area contributed by atoms with Crippen LogP contribution in [0.1, 0.15) is 35.0 Å². The first-order valence-corrected chi connectivity index (χ1v) is 10.4. The molecule has 0 aliphatic heterocycles. The highest BCUT2D eigenvalue weighted by Gasteiger charge is 2.14. The number of aliphatic hydroxyl groups is 1. The molecule has 0 saturated carbocycles. The van der Waals surface area contributed by atoms with Crippen molar-refractivity contribution in [2.75, 3.05) is 25.0 Å². The minimum absolute atomic E-state index is 0.0665. The van der Waals surface area contributed by atoms with E-state index in [0.717, 1.165) is 5.56 Å². The fourth-order valence-corrected chi connectivity index (χ4v) is 3.25. The maximum Gasteiger partial charge on any atom is 0.274 e. The Morgan fingerprint density at radius 3 is 2.79 bits per heavy atom. The molecule has 0 radical (unpaired) electrons. The van der Waals surface area contributed by atoms with Crippen molar-refractivity contribution >= 4 is 35.2 Å². The van der Waals surface area contributed by atoms with Gasteiger partial charge in [-0.25, -0.2) is 9.98 Å². The Bertz CT molecular complexity index is 1200. The number of hydrogen-bond donors (Lipinski definition) is 3. The summed E-state index contributed by atoms with van der Waals surface area (Å²) in [6.45, 7) is 3.80. The van der Waals surface area contributed by atoms with Gasteiger partial charge in [0.1, 0.15) is 11.3 Å². The number of amidine groups is 1. The van der Waals surface area contributed by atoms with Crippen LogP contribution in [-0.2, 0) is 4.79 Å². The zero-order chi connectivity index (χ0) is 23.8. The van der Waals surface area contributed by atoms with Gasteiger partial charge in [-0.3, -0.25) is 14.0 Å². The second-order valence-electron chi connectivity index (χ2n) is 7.31. The summed E-state index contributed by atoms with van der Waals surface area (Å²) in [5.41, 5.74) is 2.93. The summed E-state index contributed by atoms with van der Waals surface area (Å²) in [7, 11) is 0. The lowest BCUT2D eigenvalue weighted by atomic mass is 10.1. The molecule has 0 fully saturated rings. The van der Waals surface area contributed by atoms with Gasteiger partial charge in [0.25, 0.3) is 5.91 Å². The largest absolute Gasteiger partial charge is 0.409 e. The average Bonchev–Trinajstić information content (AvgIpc) is 3.24. The standard InChI is InChI=1S/C23H26N6O4/c1-16-7-8-18(22(27-33)24-9-5-10-28(12-13-30)17(2)31)14-19(16)26-23(32)20-15-25-21-6-3-4-11-29(20)21/h3-4,6-9,11,14-15,30,33H,5,10,12-13H2,1-2H3,(H,26,32)/b24-9?,27-22-. The third-order valence-electron chi connectivity index (χ3n) is 5.05. The molecule has 2 amide bonds. The van der Waals surface area contributed by atoms with Crippen molar-refractivity contribution in [1.82, 2.24) is 14.3 Å². The van der Waals surface area contributed by atoms with Gasteiger partial charge in [0, 0.05) is 50.1 Å². The number of benzene rings is 1. The van der Waals surface area contributed by atoms with Crippen LogP contribution in [0.5, 0.6) is 0 Å². The van der Waals surface area contributed by atoms with E-state index in [4.69, 9.17) is 5.11 Å². The van der Waals surface area contributed by atoms with Crippen LogP contribution in [0.25, 0.3) is 5.65 Å². The quantitative estimate of drug-likeness (QED) is 0.210. The lowest BCUT2D eigenvalue weighted by Crippen LogP contribution is -2.32.